The van der Waals surface area contributed by atoms with Crippen molar-refractivity contribution in [2.45, 2.75) is 26.6 Å². The molecule has 194 valence electrons. The molecule has 0 saturated carbocycles. The largest absolute Gasteiger partial charge is 0.416 e. The molecule has 2 aromatic heterocycles. The standard InChI is InChI=1S/C23H27F3N6O3S/c1-15-19(22(33)28-18-6-4-17(5-7-18)23(24,25)26)14-27-21-20(15)16(2)29-32(21)13-10-30-8-11-31(12-9-30)36(3,34)35/h4-7,14H,8-13H2,1-3H3,(H,28,33). The molecule has 3 heterocycles. The third kappa shape index (κ3) is 5.52. The second kappa shape index (κ2) is 9.79. The Morgan fingerprint density at radius 2 is 1.69 bits per heavy atom. The normalized spacial score (nSPS) is 15.9. The molecule has 3 aromatic rings. The van der Waals surface area contributed by atoms with Gasteiger partial charge in [0.25, 0.3) is 5.91 Å². The number of aromatic nitrogens is 3. The van der Waals surface area contributed by atoms with Gasteiger partial charge in [0.15, 0.2) is 5.65 Å². The van der Waals surface area contributed by atoms with Crippen LogP contribution in [0.2, 0.25) is 0 Å². The zero-order valence-electron chi connectivity index (χ0n) is 20.1. The number of anilines is 1. The van der Waals surface area contributed by atoms with Crippen molar-refractivity contribution in [3.05, 3.63) is 52.8 Å². The van der Waals surface area contributed by atoms with Crippen molar-refractivity contribution in [1.82, 2.24) is 24.0 Å². The summed E-state index contributed by atoms with van der Waals surface area (Å²) in [7, 11) is -3.18. The highest BCUT2D eigenvalue weighted by Crippen LogP contribution is 2.30. The zero-order valence-corrected chi connectivity index (χ0v) is 20.9. The maximum atomic E-state index is 12.9. The molecule has 0 radical (unpaired) electrons. The number of rotatable bonds is 6. The lowest BCUT2D eigenvalue weighted by molar-refractivity contribution is -0.137. The first-order chi connectivity index (χ1) is 16.8. The first-order valence-corrected chi connectivity index (χ1v) is 13.2. The number of carbonyl (C=O) groups is 1. The maximum Gasteiger partial charge on any atom is 0.416 e. The lowest BCUT2D eigenvalue weighted by Gasteiger charge is -2.33. The van der Waals surface area contributed by atoms with Crippen LogP contribution in [0.5, 0.6) is 0 Å². The van der Waals surface area contributed by atoms with Gasteiger partial charge < -0.3 is 5.32 Å². The lowest BCUT2D eigenvalue weighted by atomic mass is 10.1. The van der Waals surface area contributed by atoms with E-state index in [4.69, 9.17) is 0 Å². The van der Waals surface area contributed by atoms with Crippen LogP contribution in [-0.4, -0.2) is 77.3 Å². The van der Waals surface area contributed by atoms with Gasteiger partial charge in [-0.05, 0) is 43.7 Å². The number of pyridine rings is 1. The average Bonchev–Trinajstić information content (AvgIpc) is 3.13. The van der Waals surface area contributed by atoms with Crippen molar-refractivity contribution < 1.29 is 26.4 Å². The van der Waals surface area contributed by atoms with Crippen molar-refractivity contribution in [2.75, 3.05) is 44.3 Å². The van der Waals surface area contributed by atoms with Gasteiger partial charge in [-0.25, -0.2) is 18.1 Å². The van der Waals surface area contributed by atoms with E-state index in [1.165, 1.54) is 28.9 Å². The lowest BCUT2D eigenvalue weighted by Crippen LogP contribution is -2.48. The van der Waals surface area contributed by atoms with Crippen LogP contribution in [0, 0.1) is 13.8 Å². The second-order valence-corrected chi connectivity index (χ2v) is 10.8. The van der Waals surface area contributed by atoms with Crippen molar-refractivity contribution in [1.29, 1.82) is 0 Å². The third-order valence-corrected chi connectivity index (χ3v) is 7.64. The molecule has 1 aliphatic rings. The van der Waals surface area contributed by atoms with Crippen LogP contribution < -0.4 is 5.32 Å². The number of nitrogens with one attached hydrogen (secondary N) is 1. The Hall–Kier alpha value is -3.03. The minimum Gasteiger partial charge on any atom is -0.322 e. The topological polar surface area (TPSA) is 100 Å². The van der Waals surface area contributed by atoms with E-state index < -0.39 is 27.7 Å². The van der Waals surface area contributed by atoms with Crippen molar-refractivity contribution in [2.24, 2.45) is 0 Å². The fourth-order valence-corrected chi connectivity index (χ4v) is 5.17. The summed E-state index contributed by atoms with van der Waals surface area (Å²) in [4.78, 5) is 19.5. The van der Waals surface area contributed by atoms with Gasteiger partial charge in [-0.3, -0.25) is 9.69 Å². The fourth-order valence-electron chi connectivity index (χ4n) is 4.34. The molecule has 0 unspecified atom stereocenters. The monoisotopic (exact) mass is 524 g/mol. The number of piperazine rings is 1. The molecule has 0 aliphatic carbocycles. The highest BCUT2D eigenvalue weighted by molar-refractivity contribution is 7.88. The van der Waals surface area contributed by atoms with Gasteiger partial charge in [-0.1, -0.05) is 0 Å². The van der Waals surface area contributed by atoms with Gasteiger partial charge in [0.05, 0.1) is 29.6 Å². The molecule has 1 saturated heterocycles. The van der Waals surface area contributed by atoms with Crippen LogP contribution in [0.3, 0.4) is 0 Å². The highest BCUT2D eigenvalue weighted by Gasteiger charge is 2.30. The van der Waals surface area contributed by atoms with Crippen molar-refractivity contribution in [3.8, 4) is 0 Å². The minimum absolute atomic E-state index is 0.246. The molecule has 1 aliphatic heterocycles. The maximum absolute atomic E-state index is 12.9. The SMILES string of the molecule is Cc1nn(CCN2CCN(S(C)(=O)=O)CC2)c2ncc(C(=O)Nc3ccc(C(F)(F)F)cc3)c(C)c12. The Bertz CT molecular complexity index is 1380. The number of halogens is 3. The van der Waals surface area contributed by atoms with E-state index in [9.17, 15) is 26.4 Å². The number of amides is 1. The van der Waals surface area contributed by atoms with Gasteiger partial charge in [0.1, 0.15) is 0 Å². The highest BCUT2D eigenvalue weighted by atomic mass is 32.2. The number of aryl methyl sites for hydroxylation is 2. The molecule has 0 atom stereocenters. The minimum atomic E-state index is -4.45. The van der Waals surface area contributed by atoms with Crippen LogP contribution in [0.25, 0.3) is 11.0 Å². The molecule has 0 spiro atoms. The molecule has 1 fully saturated rings. The Balaban J connectivity index is 1.46. The van der Waals surface area contributed by atoms with E-state index in [0.717, 1.165) is 17.5 Å². The predicted molar refractivity (Wildman–Crippen MR) is 129 cm³/mol. The fraction of sp³-hybridized carbons (Fsp3) is 0.435. The molecule has 1 N–H and O–H groups in total. The van der Waals surface area contributed by atoms with E-state index in [-0.39, 0.29) is 5.69 Å². The molecular formula is C23H27F3N6O3S. The Morgan fingerprint density at radius 3 is 2.28 bits per heavy atom. The number of hydrogen-bond donors (Lipinski definition) is 1. The third-order valence-electron chi connectivity index (χ3n) is 6.34. The van der Waals surface area contributed by atoms with Crippen LogP contribution in [0.4, 0.5) is 18.9 Å². The Morgan fingerprint density at radius 1 is 1.06 bits per heavy atom. The number of fused-ring (bicyclic) bond motifs is 1. The van der Waals surface area contributed by atoms with Gasteiger partial charge in [0.2, 0.25) is 10.0 Å². The first-order valence-electron chi connectivity index (χ1n) is 11.3. The van der Waals surface area contributed by atoms with Crippen molar-refractivity contribution in [3.63, 3.8) is 0 Å². The Kier molecular flexibility index (Phi) is 7.08. The van der Waals surface area contributed by atoms with Crippen LogP contribution in [-0.2, 0) is 22.7 Å². The summed E-state index contributed by atoms with van der Waals surface area (Å²) >= 11 is 0. The summed E-state index contributed by atoms with van der Waals surface area (Å²) in [6.07, 6.45) is -1.79. The van der Waals surface area contributed by atoms with E-state index in [2.05, 4.69) is 20.3 Å². The smallest absolute Gasteiger partial charge is 0.322 e. The molecule has 1 amide bonds. The number of nitrogens with zero attached hydrogens (tertiary/aromatic N) is 5. The number of sulfonamides is 1. The van der Waals surface area contributed by atoms with Gasteiger partial charge in [0, 0.05) is 50.0 Å². The van der Waals surface area contributed by atoms with Crippen LogP contribution in [0.1, 0.15) is 27.2 Å². The van der Waals surface area contributed by atoms with Crippen LogP contribution >= 0.6 is 0 Å². The van der Waals surface area contributed by atoms with Crippen LogP contribution in [0.15, 0.2) is 30.5 Å². The molecule has 4 rings (SSSR count). The molecule has 9 nitrogen and oxygen atoms in total. The van der Waals surface area contributed by atoms with Gasteiger partial charge in [-0.2, -0.15) is 22.6 Å². The summed E-state index contributed by atoms with van der Waals surface area (Å²) in [5.74, 6) is -0.474. The first kappa shape index (κ1) is 26.0. The van der Waals surface area contributed by atoms with E-state index in [0.29, 0.717) is 61.7 Å². The quantitative estimate of drug-likeness (QED) is 0.532. The zero-order chi connectivity index (χ0) is 26.3. The van der Waals surface area contributed by atoms with Crippen molar-refractivity contribution >= 4 is 32.7 Å². The van der Waals surface area contributed by atoms with E-state index in [1.807, 2.05) is 6.92 Å². The molecule has 0 bridgehead atoms. The Labute approximate surface area is 206 Å². The summed E-state index contributed by atoms with van der Waals surface area (Å²) in [6.45, 7) is 7.00. The number of carbonyl (C=O) groups excluding carboxylic acids is 1. The summed E-state index contributed by atoms with van der Waals surface area (Å²) in [5.41, 5.74) is 1.78. The summed E-state index contributed by atoms with van der Waals surface area (Å²) in [5, 5.41) is 7.96. The molecular weight excluding hydrogens is 497 g/mol. The summed E-state index contributed by atoms with van der Waals surface area (Å²) < 4.78 is 65.0. The predicted octanol–water partition coefficient (Wildman–Crippen LogP) is 2.90. The van der Waals surface area contributed by atoms with Gasteiger partial charge >= 0.3 is 6.18 Å². The number of alkyl halides is 3. The van der Waals surface area contributed by atoms with E-state index in [1.54, 1.807) is 11.6 Å². The second-order valence-electron chi connectivity index (χ2n) is 8.84. The number of benzene rings is 1. The van der Waals surface area contributed by atoms with E-state index >= 15 is 0 Å². The molecule has 36 heavy (non-hydrogen) atoms. The molecule has 1 aromatic carbocycles. The average molecular weight is 525 g/mol. The molecule has 13 heteroatoms. The number of hydrogen-bond acceptors (Lipinski definition) is 6. The van der Waals surface area contributed by atoms with Gasteiger partial charge in [-0.15, -0.1) is 0 Å². The summed E-state index contributed by atoms with van der Waals surface area (Å²) in [6, 6.07) is 4.25.